The fraction of sp³-hybridized carbons (Fsp3) is 0.400. The number of alkyl halides is 3. The van der Waals surface area contributed by atoms with Crippen LogP contribution in [0.25, 0.3) is 0 Å². The molecule has 32 heavy (non-hydrogen) atoms. The zero-order valence-corrected chi connectivity index (χ0v) is 17.4. The van der Waals surface area contributed by atoms with Crippen LogP contribution in [0.2, 0.25) is 0 Å². The predicted octanol–water partition coefficient (Wildman–Crippen LogP) is 3.04. The second-order valence-electron chi connectivity index (χ2n) is 6.82. The number of carbonyl (C=O) groups excluding carboxylic acids is 1. The molecule has 0 bridgehead atoms. The van der Waals surface area contributed by atoms with Crippen LogP contribution in [0.4, 0.5) is 23.8 Å². The largest absolute Gasteiger partial charge is 0.490 e. The molecule has 2 aromatic rings. The molecule has 0 saturated carbocycles. The van der Waals surface area contributed by atoms with Crippen molar-refractivity contribution in [1.29, 1.82) is 0 Å². The van der Waals surface area contributed by atoms with Gasteiger partial charge in [-0.1, -0.05) is 6.07 Å². The van der Waals surface area contributed by atoms with Crippen LogP contribution in [-0.4, -0.2) is 70.6 Å². The number of ether oxygens (including phenoxy) is 2. The number of hydrogen-bond donors (Lipinski definition) is 2. The first-order chi connectivity index (χ1) is 15.0. The number of carboxylic acids is 1. The fourth-order valence-corrected chi connectivity index (χ4v) is 2.71. The number of anilines is 1. The molecule has 12 heteroatoms. The van der Waals surface area contributed by atoms with Gasteiger partial charge < -0.3 is 19.5 Å². The number of nitrogens with one attached hydrogen (secondary N) is 1. The van der Waals surface area contributed by atoms with E-state index in [1.165, 1.54) is 0 Å². The average molecular weight is 456 g/mol. The molecule has 1 aliphatic heterocycles. The maximum Gasteiger partial charge on any atom is 0.490 e. The lowest BCUT2D eigenvalue weighted by molar-refractivity contribution is -0.192. The van der Waals surface area contributed by atoms with Crippen LogP contribution < -0.4 is 10.1 Å². The van der Waals surface area contributed by atoms with Crippen molar-refractivity contribution in [3.8, 4) is 5.88 Å². The van der Waals surface area contributed by atoms with E-state index in [-0.39, 0.29) is 12.1 Å². The highest BCUT2D eigenvalue weighted by Gasteiger charge is 2.38. The Balaban J connectivity index is 0.000000451. The summed E-state index contributed by atoms with van der Waals surface area (Å²) in [6, 6.07) is 9.13. The number of carboxylic acid groups (broad SMARTS) is 1. The third-order valence-corrected chi connectivity index (χ3v) is 4.06. The quantitative estimate of drug-likeness (QED) is 0.727. The first kappa shape index (κ1) is 24.9. The minimum atomic E-state index is -5.08. The second kappa shape index (κ2) is 11.3. The number of carbonyl (C=O) groups is 2. The number of aliphatic carboxylic acids is 1. The Kier molecular flexibility index (Phi) is 8.76. The molecule has 0 aromatic carbocycles. The normalized spacial score (nSPS) is 15.9. The standard InChI is InChI=1S/C18H22N4O3.C2HF3O2/c1-13-9-14(2)20-16(10-13)21-18(23)22-7-8-24-15(11-22)12-25-17-5-3-4-6-19-17;3-2(4,5)1(6)7/h3-6,9-10,15H,7-8,11-12H2,1-2H3,(H,20,21,23);(H,6,7). The van der Waals surface area contributed by atoms with E-state index >= 15 is 0 Å². The highest BCUT2D eigenvalue weighted by molar-refractivity contribution is 5.88. The number of amides is 2. The van der Waals surface area contributed by atoms with Crippen LogP contribution in [0.1, 0.15) is 11.3 Å². The van der Waals surface area contributed by atoms with E-state index in [1.54, 1.807) is 17.2 Å². The molecule has 1 saturated heterocycles. The third-order valence-electron chi connectivity index (χ3n) is 4.06. The van der Waals surface area contributed by atoms with Crippen molar-refractivity contribution in [1.82, 2.24) is 14.9 Å². The summed E-state index contributed by atoms with van der Waals surface area (Å²) in [5, 5.41) is 9.98. The zero-order valence-electron chi connectivity index (χ0n) is 17.4. The van der Waals surface area contributed by atoms with Crippen molar-refractivity contribution < 1.29 is 37.3 Å². The molecular formula is C20H23F3N4O5. The Bertz CT molecular complexity index is 892. The van der Waals surface area contributed by atoms with E-state index < -0.39 is 12.1 Å². The molecule has 1 unspecified atom stereocenters. The Hall–Kier alpha value is -3.41. The van der Waals surface area contributed by atoms with E-state index in [9.17, 15) is 18.0 Å². The zero-order chi connectivity index (χ0) is 23.7. The molecule has 2 aromatic heterocycles. The SMILES string of the molecule is Cc1cc(C)nc(NC(=O)N2CCOC(COc3ccccn3)C2)c1.O=C(O)C(F)(F)F. The Labute approximate surface area is 182 Å². The van der Waals surface area contributed by atoms with E-state index in [0.29, 0.717) is 38.0 Å². The molecule has 0 radical (unpaired) electrons. The van der Waals surface area contributed by atoms with Gasteiger partial charge in [-0.2, -0.15) is 13.2 Å². The summed E-state index contributed by atoms with van der Waals surface area (Å²) in [7, 11) is 0. The van der Waals surface area contributed by atoms with Gasteiger partial charge in [0.1, 0.15) is 18.5 Å². The van der Waals surface area contributed by atoms with Gasteiger partial charge in [-0.25, -0.2) is 19.6 Å². The Morgan fingerprint density at radius 1 is 1.31 bits per heavy atom. The molecule has 1 aliphatic rings. The molecule has 9 nitrogen and oxygen atoms in total. The monoisotopic (exact) mass is 456 g/mol. The van der Waals surface area contributed by atoms with Gasteiger partial charge >= 0.3 is 18.2 Å². The van der Waals surface area contributed by atoms with Crippen LogP contribution in [0.5, 0.6) is 5.88 Å². The molecule has 1 atom stereocenters. The van der Waals surface area contributed by atoms with Crippen molar-refractivity contribution >= 4 is 17.8 Å². The van der Waals surface area contributed by atoms with Crippen LogP contribution in [0, 0.1) is 13.8 Å². The number of pyridine rings is 2. The van der Waals surface area contributed by atoms with Crippen LogP contribution in [-0.2, 0) is 9.53 Å². The van der Waals surface area contributed by atoms with Gasteiger partial charge in [0, 0.05) is 24.5 Å². The first-order valence-corrected chi connectivity index (χ1v) is 9.51. The molecule has 174 valence electrons. The molecule has 1 fully saturated rings. The second-order valence-corrected chi connectivity index (χ2v) is 6.82. The Morgan fingerprint density at radius 2 is 2.03 bits per heavy atom. The number of aryl methyl sites for hydroxylation is 2. The van der Waals surface area contributed by atoms with Gasteiger partial charge in [-0.05, 0) is 37.6 Å². The number of hydrogen-bond acceptors (Lipinski definition) is 6. The molecule has 0 spiro atoms. The molecule has 2 amide bonds. The number of halogens is 3. The number of urea groups is 1. The van der Waals surface area contributed by atoms with E-state index in [0.717, 1.165) is 11.3 Å². The van der Waals surface area contributed by atoms with Crippen molar-refractivity contribution in [3.05, 3.63) is 47.8 Å². The Morgan fingerprint density at radius 3 is 2.62 bits per heavy atom. The number of nitrogens with zero attached hydrogens (tertiary/aromatic N) is 3. The number of morpholine rings is 1. The summed E-state index contributed by atoms with van der Waals surface area (Å²) < 4.78 is 43.0. The highest BCUT2D eigenvalue weighted by Crippen LogP contribution is 2.14. The van der Waals surface area contributed by atoms with Gasteiger partial charge in [0.05, 0.1) is 13.2 Å². The smallest absolute Gasteiger partial charge is 0.475 e. The lowest BCUT2D eigenvalue weighted by Gasteiger charge is -2.32. The van der Waals surface area contributed by atoms with Crippen molar-refractivity contribution in [2.75, 3.05) is 31.6 Å². The van der Waals surface area contributed by atoms with Crippen LogP contribution in [0.15, 0.2) is 36.5 Å². The van der Waals surface area contributed by atoms with Crippen molar-refractivity contribution in [2.45, 2.75) is 26.1 Å². The third kappa shape index (κ3) is 8.38. The predicted molar refractivity (Wildman–Crippen MR) is 107 cm³/mol. The van der Waals surface area contributed by atoms with Crippen LogP contribution in [0.3, 0.4) is 0 Å². The lowest BCUT2D eigenvalue weighted by Crippen LogP contribution is -2.49. The van der Waals surface area contributed by atoms with Gasteiger partial charge in [0.25, 0.3) is 0 Å². The maximum absolute atomic E-state index is 12.5. The van der Waals surface area contributed by atoms with Crippen molar-refractivity contribution in [3.63, 3.8) is 0 Å². The van der Waals surface area contributed by atoms with E-state index in [4.69, 9.17) is 19.4 Å². The number of aromatic nitrogens is 2. The molecule has 3 heterocycles. The minimum Gasteiger partial charge on any atom is -0.475 e. The van der Waals surface area contributed by atoms with Crippen LogP contribution >= 0.6 is 0 Å². The van der Waals surface area contributed by atoms with Gasteiger partial charge in [-0.3, -0.25) is 5.32 Å². The summed E-state index contributed by atoms with van der Waals surface area (Å²) in [4.78, 5) is 31.5. The maximum atomic E-state index is 12.5. The summed E-state index contributed by atoms with van der Waals surface area (Å²) in [6.07, 6.45) is -3.60. The average Bonchev–Trinajstić information content (AvgIpc) is 2.72. The first-order valence-electron chi connectivity index (χ1n) is 9.51. The minimum absolute atomic E-state index is 0.177. The summed E-state index contributed by atoms with van der Waals surface area (Å²) in [6.45, 7) is 5.71. The van der Waals surface area contributed by atoms with Gasteiger partial charge in [-0.15, -0.1) is 0 Å². The fourth-order valence-electron chi connectivity index (χ4n) is 2.71. The molecule has 2 N–H and O–H groups in total. The van der Waals surface area contributed by atoms with E-state index in [2.05, 4.69) is 15.3 Å². The summed E-state index contributed by atoms with van der Waals surface area (Å²) in [5.41, 5.74) is 1.94. The van der Waals surface area contributed by atoms with Gasteiger partial charge in [0.2, 0.25) is 5.88 Å². The summed E-state index contributed by atoms with van der Waals surface area (Å²) in [5.74, 6) is -1.64. The number of rotatable bonds is 4. The topological polar surface area (TPSA) is 114 Å². The van der Waals surface area contributed by atoms with Crippen molar-refractivity contribution in [2.24, 2.45) is 0 Å². The molecule has 0 aliphatic carbocycles. The highest BCUT2D eigenvalue weighted by atomic mass is 19.4. The van der Waals surface area contributed by atoms with E-state index in [1.807, 2.05) is 38.1 Å². The molecular weight excluding hydrogens is 433 g/mol. The summed E-state index contributed by atoms with van der Waals surface area (Å²) >= 11 is 0. The molecule has 3 rings (SSSR count). The lowest BCUT2D eigenvalue weighted by atomic mass is 10.2. The van der Waals surface area contributed by atoms with Gasteiger partial charge in [0.15, 0.2) is 0 Å².